The Bertz CT molecular complexity index is 599. The first-order valence-electron chi connectivity index (χ1n) is 6.64. The summed E-state index contributed by atoms with van der Waals surface area (Å²) in [5.74, 6) is 0.865. The third kappa shape index (κ3) is 4.25. The molecule has 2 aromatic rings. The molecule has 1 amide bonds. The van der Waals surface area contributed by atoms with Gasteiger partial charge in [0.25, 0.3) is 5.91 Å². The number of aryl methyl sites for hydroxylation is 1. The molecule has 0 unspecified atom stereocenters. The number of benzene rings is 1. The quantitative estimate of drug-likeness (QED) is 0.795. The van der Waals surface area contributed by atoms with E-state index < -0.39 is 0 Å². The van der Waals surface area contributed by atoms with Gasteiger partial charge in [-0.05, 0) is 30.7 Å². The number of anilines is 2. The number of nitrogens with one attached hydrogen (secondary N) is 2. The molecule has 0 radical (unpaired) electrons. The van der Waals surface area contributed by atoms with Gasteiger partial charge in [0.2, 0.25) is 0 Å². The van der Waals surface area contributed by atoms with E-state index in [0.29, 0.717) is 30.4 Å². The van der Waals surface area contributed by atoms with Crippen molar-refractivity contribution in [3.8, 4) is 0 Å². The number of methoxy groups -OCH3 is 1. The van der Waals surface area contributed by atoms with Crippen LogP contribution in [0.25, 0.3) is 0 Å². The van der Waals surface area contributed by atoms with Crippen molar-refractivity contribution >= 4 is 17.5 Å². The lowest BCUT2D eigenvalue weighted by Gasteiger charge is -2.07. The van der Waals surface area contributed by atoms with Gasteiger partial charge < -0.3 is 15.4 Å². The molecule has 0 aliphatic carbocycles. The van der Waals surface area contributed by atoms with Crippen LogP contribution in [0.2, 0.25) is 0 Å². The van der Waals surface area contributed by atoms with Crippen LogP contribution in [-0.2, 0) is 4.74 Å². The largest absolute Gasteiger partial charge is 0.383 e. The topological polar surface area (TPSA) is 76.1 Å². The Kier molecular flexibility index (Phi) is 5.22. The molecule has 0 fully saturated rings. The van der Waals surface area contributed by atoms with Crippen LogP contribution in [0.4, 0.5) is 11.6 Å². The lowest BCUT2D eigenvalue weighted by molar-refractivity contribution is 0.102. The van der Waals surface area contributed by atoms with Crippen LogP contribution < -0.4 is 10.6 Å². The summed E-state index contributed by atoms with van der Waals surface area (Å²) in [5.41, 5.74) is 1.54. The van der Waals surface area contributed by atoms with E-state index in [1.165, 1.54) is 0 Å². The van der Waals surface area contributed by atoms with E-state index in [2.05, 4.69) is 20.8 Å². The minimum Gasteiger partial charge on any atom is -0.383 e. The van der Waals surface area contributed by atoms with Crippen molar-refractivity contribution < 1.29 is 9.53 Å². The minimum absolute atomic E-state index is 0.192. The van der Waals surface area contributed by atoms with Crippen molar-refractivity contribution in [2.45, 2.75) is 6.92 Å². The fraction of sp³-hybridized carbons (Fsp3) is 0.267. The Morgan fingerprint density at radius 3 is 2.52 bits per heavy atom. The summed E-state index contributed by atoms with van der Waals surface area (Å²) in [4.78, 5) is 12.1. The van der Waals surface area contributed by atoms with Gasteiger partial charge in [-0.2, -0.15) is 0 Å². The first-order chi connectivity index (χ1) is 10.2. The van der Waals surface area contributed by atoms with E-state index in [1.54, 1.807) is 25.3 Å². The second-order valence-electron chi connectivity index (χ2n) is 4.49. The summed E-state index contributed by atoms with van der Waals surface area (Å²) in [6, 6.07) is 10.9. The normalized spacial score (nSPS) is 10.2. The first-order valence-corrected chi connectivity index (χ1v) is 6.64. The predicted octanol–water partition coefficient (Wildman–Crippen LogP) is 2.10. The summed E-state index contributed by atoms with van der Waals surface area (Å²) in [7, 11) is 1.64. The van der Waals surface area contributed by atoms with Crippen LogP contribution in [0.3, 0.4) is 0 Å². The van der Waals surface area contributed by atoms with Crippen LogP contribution in [0, 0.1) is 6.92 Å². The summed E-state index contributed by atoms with van der Waals surface area (Å²) in [5, 5.41) is 13.7. The van der Waals surface area contributed by atoms with Crippen molar-refractivity contribution in [2.75, 3.05) is 30.9 Å². The number of hydrogen-bond donors (Lipinski definition) is 2. The Balaban J connectivity index is 1.97. The summed E-state index contributed by atoms with van der Waals surface area (Å²) in [6.07, 6.45) is 0. The van der Waals surface area contributed by atoms with Gasteiger partial charge in [-0.15, -0.1) is 10.2 Å². The van der Waals surface area contributed by atoms with Gasteiger partial charge >= 0.3 is 0 Å². The minimum atomic E-state index is -0.192. The molecule has 110 valence electrons. The highest BCUT2D eigenvalue weighted by atomic mass is 16.5. The number of rotatable bonds is 6. The SMILES string of the molecule is COCCNc1ccc(NC(=O)c2ccccc2C)nn1. The molecule has 0 spiro atoms. The summed E-state index contributed by atoms with van der Waals surface area (Å²) < 4.78 is 4.93. The number of aromatic nitrogens is 2. The molecule has 0 aliphatic rings. The van der Waals surface area contributed by atoms with Gasteiger partial charge in [0.05, 0.1) is 6.61 Å². The van der Waals surface area contributed by atoms with Crippen LogP contribution in [0.15, 0.2) is 36.4 Å². The van der Waals surface area contributed by atoms with Crippen molar-refractivity contribution in [1.29, 1.82) is 0 Å². The number of carbonyl (C=O) groups excluding carboxylic acids is 1. The second-order valence-corrected chi connectivity index (χ2v) is 4.49. The highest BCUT2D eigenvalue weighted by Gasteiger charge is 2.09. The number of amides is 1. The number of ether oxygens (including phenoxy) is 1. The van der Waals surface area contributed by atoms with E-state index in [9.17, 15) is 4.79 Å². The lowest BCUT2D eigenvalue weighted by atomic mass is 10.1. The van der Waals surface area contributed by atoms with Gasteiger partial charge in [-0.3, -0.25) is 4.79 Å². The number of hydrogen-bond acceptors (Lipinski definition) is 5. The molecule has 0 saturated heterocycles. The van der Waals surface area contributed by atoms with E-state index in [4.69, 9.17) is 4.74 Å². The molecule has 2 rings (SSSR count). The molecule has 1 aromatic heterocycles. The predicted molar refractivity (Wildman–Crippen MR) is 81.5 cm³/mol. The second kappa shape index (κ2) is 7.35. The van der Waals surface area contributed by atoms with E-state index in [1.807, 2.05) is 25.1 Å². The monoisotopic (exact) mass is 286 g/mol. The smallest absolute Gasteiger partial charge is 0.257 e. The maximum atomic E-state index is 12.1. The Morgan fingerprint density at radius 2 is 1.86 bits per heavy atom. The number of nitrogens with zero attached hydrogens (tertiary/aromatic N) is 2. The van der Waals surface area contributed by atoms with Crippen molar-refractivity contribution in [2.24, 2.45) is 0 Å². The van der Waals surface area contributed by atoms with Crippen LogP contribution in [-0.4, -0.2) is 36.4 Å². The molecule has 1 heterocycles. The Labute approximate surface area is 123 Å². The van der Waals surface area contributed by atoms with Crippen LogP contribution in [0.1, 0.15) is 15.9 Å². The Morgan fingerprint density at radius 1 is 1.14 bits per heavy atom. The molecule has 0 bridgehead atoms. The van der Waals surface area contributed by atoms with Gasteiger partial charge in [0.1, 0.15) is 5.82 Å². The van der Waals surface area contributed by atoms with Crippen LogP contribution in [0.5, 0.6) is 0 Å². The number of carbonyl (C=O) groups is 1. The van der Waals surface area contributed by atoms with E-state index in [0.717, 1.165) is 5.56 Å². The van der Waals surface area contributed by atoms with Gasteiger partial charge in [0, 0.05) is 19.2 Å². The zero-order valence-corrected chi connectivity index (χ0v) is 12.1. The molecular formula is C15H18N4O2. The van der Waals surface area contributed by atoms with Crippen molar-refractivity contribution in [1.82, 2.24) is 10.2 Å². The highest BCUT2D eigenvalue weighted by Crippen LogP contribution is 2.11. The average Bonchev–Trinajstić information content (AvgIpc) is 2.49. The summed E-state index contributed by atoms with van der Waals surface area (Å²) in [6.45, 7) is 3.14. The zero-order chi connectivity index (χ0) is 15.1. The molecule has 6 heteroatoms. The molecule has 0 saturated carbocycles. The highest BCUT2D eigenvalue weighted by molar-refractivity contribution is 6.04. The molecule has 2 N–H and O–H groups in total. The zero-order valence-electron chi connectivity index (χ0n) is 12.1. The third-order valence-corrected chi connectivity index (χ3v) is 2.91. The molecule has 0 atom stereocenters. The maximum Gasteiger partial charge on any atom is 0.257 e. The van der Waals surface area contributed by atoms with Gasteiger partial charge in [0.15, 0.2) is 5.82 Å². The van der Waals surface area contributed by atoms with Gasteiger partial charge in [-0.25, -0.2) is 0 Å². The standard InChI is InChI=1S/C15H18N4O2/c1-11-5-3-4-6-12(11)15(20)17-14-8-7-13(18-19-14)16-9-10-21-2/h3-8H,9-10H2,1-2H3,(H,16,18)(H,17,19,20). The molecule has 1 aromatic carbocycles. The van der Waals surface area contributed by atoms with E-state index >= 15 is 0 Å². The maximum absolute atomic E-state index is 12.1. The third-order valence-electron chi connectivity index (χ3n) is 2.91. The van der Waals surface area contributed by atoms with E-state index in [-0.39, 0.29) is 5.91 Å². The lowest BCUT2D eigenvalue weighted by Crippen LogP contribution is -2.15. The fourth-order valence-corrected chi connectivity index (χ4v) is 1.79. The molecule has 6 nitrogen and oxygen atoms in total. The first kappa shape index (κ1) is 14.9. The fourth-order valence-electron chi connectivity index (χ4n) is 1.79. The van der Waals surface area contributed by atoms with Crippen molar-refractivity contribution in [3.63, 3.8) is 0 Å². The van der Waals surface area contributed by atoms with Gasteiger partial charge in [-0.1, -0.05) is 18.2 Å². The summed E-state index contributed by atoms with van der Waals surface area (Å²) >= 11 is 0. The molecular weight excluding hydrogens is 268 g/mol. The van der Waals surface area contributed by atoms with Crippen molar-refractivity contribution in [3.05, 3.63) is 47.5 Å². The average molecular weight is 286 g/mol. The molecule has 21 heavy (non-hydrogen) atoms. The van der Waals surface area contributed by atoms with Crippen LogP contribution >= 0.6 is 0 Å². The molecule has 0 aliphatic heterocycles. The Hall–Kier alpha value is -2.47.